The number of hydrogen-bond donors (Lipinski definition) is 1. The molecule has 162 valence electrons. The third kappa shape index (κ3) is 3.78. The van der Waals surface area contributed by atoms with Crippen molar-refractivity contribution in [1.29, 1.82) is 5.26 Å². The fourth-order valence-corrected chi connectivity index (χ4v) is 4.06. The quantitative estimate of drug-likeness (QED) is 0.596. The zero-order valence-electron chi connectivity index (χ0n) is 17.8. The lowest BCUT2D eigenvalue weighted by Gasteiger charge is -2.17. The van der Waals surface area contributed by atoms with E-state index in [1.807, 2.05) is 36.4 Å². The van der Waals surface area contributed by atoms with Crippen molar-refractivity contribution in [2.45, 2.75) is 19.3 Å². The van der Waals surface area contributed by atoms with Crippen LogP contribution < -0.4 is 15.0 Å². The fraction of sp³-hybridized carbons (Fsp3) is 0.333. The van der Waals surface area contributed by atoms with Gasteiger partial charge in [0.1, 0.15) is 18.4 Å². The number of hydrogen-bond acceptors (Lipinski definition) is 7. The summed E-state index contributed by atoms with van der Waals surface area (Å²) in [5.41, 5.74) is 4.17. The van der Waals surface area contributed by atoms with Gasteiger partial charge in [-0.25, -0.2) is 4.79 Å². The number of aromatic nitrogens is 2. The van der Waals surface area contributed by atoms with Crippen LogP contribution in [0.15, 0.2) is 36.4 Å². The Bertz CT molecular complexity index is 1230. The van der Waals surface area contributed by atoms with Crippen molar-refractivity contribution in [3.05, 3.63) is 42.1 Å². The lowest BCUT2D eigenvalue weighted by atomic mass is 10.0. The number of rotatable bonds is 7. The first kappa shape index (κ1) is 20.1. The van der Waals surface area contributed by atoms with Gasteiger partial charge >= 0.3 is 6.09 Å². The standard InChI is InChI=1S/C24H23N5O3/c1-31-22-7-5-17(29-10-11-32-24(29)30)13-19(22)16-4-6-18-20(12-16)27-28-21(14-25)23(18)26-9-8-15-2-3-15/h4-7,12-13,15H,2-3,8-11H2,1H3,(H,26,27). The summed E-state index contributed by atoms with van der Waals surface area (Å²) in [6.45, 7) is 1.70. The van der Waals surface area contributed by atoms with Crippen molar-refractivity contribution < 1.29 is 14.3 Å². The molecule has 5 rings (SSSR count). The van der Waals surface area contributed by atoms with Gasteiger partial charge in [-0.05, 0) is 48.2 Å². The van der Waals surface area contributed by atoms with Gasteiger partial charge in [-0.3, -0.25) is 4.90 Å². The van der Waals surface area contributed by atoms with Crippen molar-refractivity contribution in [1.82, 2.24) is 10.2 Å². The summed E-state index contributed by atoms with van der Waals surface area (Å²) in [7, 11) is 1.62. The SMILES string of the molecule is COc1ccc(N2CCOC2=O)cc1-c1ccc2c(NCCC3CC3)c(C#N)nnc2c1. The Labute approximate surface area is 185 Å². The summed E-state index contributed by atoms with van der Waals surface area (Å²) >= 11 is 0. The summed E-state index contributed by atoms with van der Waals surface area (Å²) in [6, 6.07) is 13.6. The molecule has 0 atom stereocenters. The molecule has 8 nitrogen and oxygen atoms in total. The Kier molecular flexibility index (Phi) is 5.23. The molecule has 2 aromatic carbocycles. The molecule has 1 amide bonds. The van der Waals surface area contributed by atoms with E-state index in [0.717, 1.165) is 46.8 Å². The molecule has 1 aliphatic heterocycles. The van der Waals surface area contributed by atoms with Gasteiger partial charge in [0.2, 0.25) is 0 Å². The van der Waals surface area contributed by atoms with Gasteiger partial charge in [0.15, 0.2) is 5.69 Å². The molecule has 2 heterocycles. The molecule has 1 saturated carbocycles. The first-order chi connectivity index (χ1) is 15.7. The van der Waals surface area contributed by atoms with Crippen molar-refractivity contribution >= 4 is 28.4 Å². The van der Waals surface area contributed by atoms with Crippen molar-refractivity contribution in [3.63, 3.8) is 0 Å². The minimum Gasteiger partial charge on any atom is -0.496 e. The van der Waals surface area contributed by atoms with E-state index in [1.165, 1.54) is 12.8 Å². The average Bonchev–Trinajstić information content (AvgIpc) is 3.56. The summed E-state index contributed by atoms with van der Waals surface area (Å²) in [5, 5.41) is 22.2. The van der Waals surface area contributed by atoms with Crippen LogP contribution in [0.1, 0.15) is 25.0 Å². The summed E-state index contributed by atoms with van der Waals surface area (Å²) < 4.78 is 10.6. The van der Waals surface area contributed by atoms with Gasteiger partial charge in [0, 0.05) is 23.2 Å². The van der Waals surface area contributed by atoms with Crippen LogP contribution in [0.3, 0.4) is 0 Å². The van der Waals surface area contributed by atoms with Gasteiger partial charge in [0.05, 0.1) is 24.9 Å². The van der Waals surface area contributed by atoms with Crippen LogP contribution in [0.25, 0.3) is 22.0 Å². The van der Waals surface area contributed by atoms with Crippen molar-refractivity contribution in [3.8, 4) is 22.9 Å². The Morgan fingerprint density at radius 2 is 2.12 bits per heavy atom. The number of amides is 1. The number of nitriles is 1. The number of cyclic esters (lactones) is 1. The number of carbonyl (C=O) groups excluding carboxylic acids is 1. The van der Waals surface area contributed by atoms with Crippen LogP contribution >= 0.6 is 0 Å². The van der Waals surface area contributed by atoms with E-state index in [9.17, 15) is 10.1 Å². The van der Waals surface area contributed by atoms with E-state index in [0.29, 0.717) is 30.1 Å². The topological polar surface area (TPSA) is 100 Å². The van der Waals surface area contributed by atoms with Gasteiger partial charge in [-0.2, -0.15) is 5.26 Å². The lowest BCUT2D eigenvalue weighted by Crippen LogP contribution is -2.23. The number of nitrogens with zero attached hydrogens (tertiary/aromatic N) is 4. The third-order valence-corrected chi connectivity index (χ3v) is 5.99. The van der Waals surface area contributed by atoms with E-state index < -0.39 is 0 Å². The van der Waals surface area contributed by atoms with Crippen LogP contribution in [0.4, 0.5) is 16.2 Å². The normalized spacial score (nSPS) is 15.5. The molecular weight excluding hydrogens is 406 g/mol. The Balaban J connectivity index is 1.53. The highest BCUT2D eigenvalue weighted by molar-refractivity contribution is 5.96. The number of fused-ring (bicyclic) bond motifs is 1. The van der Waals surface area contributed by atoms with Crippen molar-refractivity contribution in [2.75, 3.05) is 37.0 Å². The Hall–Kier alpha value is -3.86. The van der Waals surface area contributed by atoms with Crippen molar-refractivity contribution in [2.24, 2.45) is 5.92 Å². The molecule has 1 aromatic heterocycles. The summed E-state index contributed by atoms with van der Waals surface area (Å²) in [5.74, 6) is 1.48. The molecule has 0 unspecified atom stereocenters. The van der Waals surface area contributed by atoms with Crippen LogP contribution in [-0.4, -0.2) is 43.1 Å². The van der Waals surface area contributed by atoms with Crippen LogP contribution in [0.5, 0.6) is 5.75 Å². The Morgan fingerprint density at radius 1 is 1.25 bits per heavy atom. The number of benzene rings is 2. The number of nitrogens with one attached hydrogen (secondary N) is 1. The number of methoxy groups -OCH3 is 1. The number of carbonyl (C=O) groups is 1. The second kappa shape index (κ2) is 8.35. The van der Waals surface area contributed by atoms with Crippen LogP contribution in [0.2, 0.25) is 0 Å². The zero-order chi connectivity index (χ0) is 22.1. The number of ether oxygens (including phenoxy) is 2. The molecule has 32 heavy (non-hydrogen) atoms. The molecule has 2 fully saturated rings. The largest absolute Gasteiger partial charge is 0.496 e. The molecule has 1 aliphatic carbocycles. The van der Waals surface area contributed by atoms with E-state index >= 15 is 0 Å². The molecule has 0 radical (unpaired) electrons. The predicted octanol–water partition coefficient (Wildman–Crippen LogP) is 4.35. The summed E-state index contributed by atoms with van der Waals surface area (Å²) in [6.07, 6.45) is 3.33. The predicted molar refractivity (Wildman–Crippen MR) is 121 cm³/mol. The van der Waals surface area contributed by atoms with Gasteiger partial charge in [-0.1, -0.05) is 18.9 Å². The molecule has 3 aromatic rings. The van der Waals surface area contributed by atoms with Crippen LogP contribution in [-0.2, 0) is 4.74 Å². The minimum absolute atomic E-state index is 0.299. The van der Waals surface area contributed by atoms with E-state index in [2.05, 4.69) is 21.6 Å². The molecule has 0 bridgehead atoms. The maximum Gasteiger partial charge on any atom is 0.414 e. The molecule has 2 aliphatic rings. The highest BCUT2D eigenvalue weighted by atomic mass is 16.6. The van der Waals surface area contributed by atoms with Crippen LogP contribution in [0, 0.1) is 17.2 Å². The summed E-state index contributed by atoms with van der Waals surface area (Å²) in [4.78, 5) is 13.6. The van der Waals surface area contributed by atoms with E-state index in [1.54, 1.807) is 12.0 Å². The maximum absolute atomic E-state index is 12.0. The third-order valence-electron chi connectivity index (χ3n) is 5.99. The average molecular weight is 429 g/mol. The second-order valence-corrected chi connectivity index (χ2v) is 8.08. The highest BCUT2D eigenvalue weighted by Gasteiger charge is 2.25. The maximum atomic E-state index is 12.0. The lowest BCUT2D eigenvalue weighted by molar-refractivity contribution is 0.181. The number of anilines is 2. The second-order valence-electron chi connectivity index (χ2n) is 8.08. The monoisotopic (exact) mass is 429 g/mol. The van der Waals surface area contributed by atoms with E-state index in [-0.39, 0.29) is 6.09 Å². The van der Waals surface area contributed by atoms with Gasteiger partial charge in [0.25, 0.3) is 0 Å². The van der Waals surface area contributed by atoms with E-state index in [4.69, 9.17) is 9.47 Å². The molecule has 0 spiro atoms. The first-order valence-electron chi connectivity index (χ1n) is 10.7. The molecule has 1 N–H and O–H groups in total. The zero-order valence-corrected chi connectivity index (χ0v) is 17.8. The highest BCUT2D eigenvalue weighted by Crippen LogP contribution is 2.37. The first-order valence-corrected chi connectivity index (χ1v) is 10.7. The minimum atomic E-state index is -0.351. The molecule has 1 saturated heterocycles. The fourth-order valence-electron chi connectivity index (χ4n) is 4.06. The molecule has 8 heteroatoms. The van der Waals surface area contributed by atoms with Gasteiger partial charge < -0.3 is 14.8 Å². The Morgan fingerprint density at radius 3 is 2.84 bits per heavy atom. The smallest absolute Gasteiger partial charge is 0.414 e. The van der Waals surface area contributed by atoms with Gasteiger partial charge in [-0.15, -0.1) is 10.2 Å². The molecular formula is C24H23N5O3.